The number of rotatable bonds is 6. The van der Waals surface area contributed by atoms with Gasteiger partial charge in [-0.05, 0) is 31.9 Å². The smallest absolute Gasteiger partial charge is 0.340 e. The predicted octanol–water partition coefficient (Wildman–Crippen LogP) is 2.41. The van der Waals surface area contributed by atoms with E-state index in [0.29, 0.717) is 5.69 Å². The maximum absolute atomic E-state index is 12.3. The Morgan fingerprint density at radius 1 is 1.16 bits per heavy atom. The molecule has 0 saturated heterocycles. The second-order valence-electron chi connectivity index (χ2n) is 6.55. The van der Waals surface area contributed by atoms with Gasteiger partial charge in [0.2, 0.25) is 0 Å². The highest BCUT2D eigenvalue weighted by atomic mass is 16.5. The van der Waals surface area contributed by atoms with Crippen LogP contribution in [-0.4, -0.2) is 49.6 Å². The molecule has 1 aromatic carbocycles. The monoisotopic (exact) mass is 349 g/mol. The molecule has 7 heteroatoms. The molecule has 1 rings (SSSR count). The normalized spacial score (nSPS) is 11.6. The first-order valence-electron chi connectivity index (χ1n) is 8.17. The maximum Gasteiger partial charge on any atom is 0.340 e. The van der Waals surface area contributed by atoms with E-state index in [-0.39, 0.29) is 36.1 Å². The van der Waals surface area contributed by atoms with Crippen LogP contribution in [0.5, 0.6) is 0 Å². The summed E-state index contributed by atoms with van der Waals surface area (Å²) in [5.74, 6) is -0.740. The lowest BCUT2D eigenvalue weighted by molar-refractivity contribution is -0.125. The number of urea groups is 1. The van der Waals surface area contributed by atoms with E-state index < -0.39 is 5.97 Å². The molecule has 0 radical (unpaired) electrons. The average molecular weight is 349 g/mol. The topological polar surface area (TPSA) is 87.7 Å². The summed E-state index contributed by atoms with van der Waals surface area (Å²) in [7, 11) is 3.20. The fourth-order valence-electron chi connectivity index (χ4n) is 1.83. The highest BCUT2D eigenvalue weighted by molar-refractivity contribution is 6.01. The van der Waals surface area contributed by atoms with Crippen molar-refractivity contribution in [3.63, 3.8) is 0 Å². The lowest BCUT2D eigenvalue weighted by atomic mass is 10.1. The number of carbonyl (C=O) groups excluding carboxylic acids is 3. The fraction of sp³-hybridized carbons (Fsp3) is 0.500. The number of hydrogen-bond donors (Lipinski definition) is 2. The Balaban J connectivity index is 2.79. The molecule has 2 N–H and O–H groups in total. The lowest BCUT2D eigenvalue weighted by Gasteiger charge is -2.18. The molecule has 0 spiro atoms. The van der Waals surface area contributed by atoms with Gasteiger partial charge in [0.1, 0.15) is 0 Å². The first kappa shape index (κ1) is 20.5. The van der Waals surface area contributed by atoms with Crippen molar-refractivity contribution in [1.29, 1.82) is 0 Å². The number of benzene rings is 1. The molecular formula is C18H27N3O4. The van der Waals surface area contributed by atoms with Crippen LogP contribution in [0.2, 0.25) is 0 Å². The second-order valence-corrected chi connectivity index (χ2v) is 6.55. The number of ether oxygens (including phenoxy) is 1. The Morgan fingerprint density at radius 2 is 1.80 bits per heavy atom. The number of carbonyl (C=O) groups is 3. The standard InChI is InChI=1S/C18H27N3O4/c1-11(2)13(4)19-16(22)10-25-17(23)14-9-12(3)7-8-15(14)20-18(24)21(5)6/h7-9,11,13H,10H2,1-6H3,(H,19,22)(H,20,24)/t13-/m0/s1. The van der Waals surface area contributed by atoms with Crippen LogP contribution in [0, 0.1) is 12.8 Å². The molecule has 0 aliphatic rings. The average Bonchev–Trinajstić information content (AvgIpc) is 2.53. The molecule has 138 valence electrons. The van der Waals surface area contributed by atoms with Crippen molar-refractivity contribution >= 4 is 23.6 Å². The van der Waals surface area contributed by atoms with E-state index in [1.807, 2.05) is 27.7 Å². The highest BCUT2D eigenvalue weighted by Crippen LogP contribution is 2.19. The number of esters is 1. The third-order valence-corrected chi connectivity index (χ3v) is 3.77. The van der Waals surface area contributed by atoms with Crippen molar-refractivity contribution in [3.8, 4) is 0 Å². The van der Waals surface area contributed by atoms with Crippen molar-refractivity contribution in [3.05, 3.63) is 29.3 Å². The Bertz CT molecular complexity index is 641. The predicted molar refractivity (Wildman–Crippen MR) is 96.6 cm³/mol. The van der Waals surface area contributed by atoms with E-state index in [1.54, 1.807) is 32.3 Å². The van der Waals surface area contributed by atoms with Gasteiger partial charge in [0.15, 0.2) is 6.61 Å². The van der Waals surface area contributed by atoms with Crippen molar-refractivity contribution < 1.29 is 19.1 Å². The summed E-state index contributed by atoms with van der Waals surface area (Å²) in [6, 6.07) is 4.65. The van der Waals surface area contributed by atoms with Gasteiger partial charge in [0.25, 0.3) is 5.91 Å². The second kappa shape index (κ2) is 9.05. The van der Waals surface area contributed by atoms with E-state index >= 15 is 0 Å². The van der Waals surface area contributed by atoms with Gasteiger partial charge >= 0.3 is 12.0 Å². The number of nitrogens with zero attached hydrogens (tertiary/aromatic N) is 1. The molecule has 0 unspecified atom stereocenters. The minimum absolute atomic E-state index is 0.0138. The minimum Gasteiger partial charge on any atom is -0.452 e. The summed E-state index contributed by atoms with van der Waals surface area (Å²) in [4.78, 5) is 37.4. The molecule has 0 saturated carbocycles. The zero-order valence-corrected chi connectivity index (χ0v) is 15.7. The Labute approximate surface area is 148 Å². The SMILES string of the molecule is Cc1ccc(NC(=O)N(C)C)c(C(=O)OCC(=O)N[C@@H](C)C(C)C)c1. The largest absolute Gasteiger partial charge is 0.452 e. The molecule has 0 aliphatic heterocycles. The zero-order chi connectivity index (χ0) is 19.1. The van der Waals surface area contributed by atoms with E-state index in [9.17, 15) is 14.4 Å². The van der Waals surface area contributed by atoms with Gasteiger partial charge in [-0.15, -0.1) is 0 Å². The summed E-state index contributed by atoms with van der Waals surface area (Å²) in [5, 5.41) is 5.41. The number of hydrogen-bond acceptors (Lipinski definition) is 4. The molecule has 7 nitrogen and oxygen atoms in total. The molecule has 25 heavy (non-hydrogen) atoms. The summed E-state index contributed by atoms with van der Waals surface area (Å²) < 4.78 is 5.09. The highest BCUT2D eigenvalue weighted by Gasteiger charge is 2.18. The van der Waals surface area contributed by atoms with Gasteiger partial charge in [-0.1, -0.05) is 25.5 Å². The molecule has 0 heterocycles. The zero-order valence-electron chi connectivity index (χ0n) is 15.7. The van der Waals surface area contributed by atoms with Gasteiger partial charge in [-0.25, -0.2) is 9.59 Å². The van der Waals surface area contributed by atoms with Crippen LogP contribution in [0.4, 0.5) is 10.5 Å². The minimum atomic E-state index is -0.662. The van der Waals surface area contributed by atoms with Crippen molar-refractivity contribution in [1.82, 2.24) is 10.2 Å². The van der Waals surface area contributed by atoms with E-state index in [1.165, 1.54) is 4.90 Å². The molecule has 0 fully saturated rings. The Hall–Kier alpha value is -2.57. The first-order valence-corrected chi connectivity index (χ1v) is 8.17. The molecule has 1 atom stereocenters. The van der Waals surface area contributed by atoms with Crippen LogP contribution in [0.3, 0.4) is 0 Å². The molecule has 0 bridgehead atoms. The van der Waals surface area contributed by atoms with Gasteiger partial charge in [0.05, 0.1) is 11.3 Å². The summed E-state index contributed by atoms with van der Waals surface area (Å²) in [6.07, 6.45) is 0. The van der Waals surface area contributed by atoms with Crippen LogP contribution in [-0.2, 0) is 9.53 Å². The van der Waals surface area contributed by atoms with E-state index in [4.69, 9.17) is 4.74 Å². The number of aryl methyl sites for hydroxylation is 1. The maximum atomic E-state index is 12.3. The van der Waals surface area contributed by atoms with Gasteiger partial charge in [0, 0.05) is 20.1 Å². The fourth-order valence-corrected chi connectivity index (χ4v) is 1.83. The van der Waals surface area contributed by atoms with E-state index in [2.05, 4.69) is 10.6 Å². The van der Waals surface area contributed by atoms with E-state index in [0.717, 1.165) is 5.56 Å². The van der Waals surface area contributed by atoms with Crippen molar-refractivity contribution in [2.24, 2.45) is 5.92 Å². The number of amides is 3. The van der Waals surface area contributed by atoms with Crippen LogP contribution in [0.25, 0.3) is 0 Å². The van der Waals surface area contributed by atoms with Crippen molar-refractivity contribution in [2.75, 3.05) is 26.0 Å². The Morgan fingerprint density at radius 3 is 2.36 bits per heavy atom. The van der Waals surface area contributed by atoms with Crippen LogP contribution in [0.15, 0.2) is 18.2 Å². The Kier molecular flexibility index (Phi) is 7.42. The summed E-state index contributed by atoms with van der Waals surface area (Å²) >= 11 is 0. The summed E-state index contributed by atoms with van der Waals surface area (Å²) in [6.45, 7) is 7.32. The molecule has 3 amide bonds. The molecule has 0 aliphatic carbocycles. The van der Waals surface area contributed by atoms with Gasteiger partial charge in [-0.3, -0.25) is 4.79 Å². The van der Waals surface area contributed by atoms with Crippen LogP contribution < -0.4 is 10.6 Å². The molecular weight excluding hydrogens is 322 g/mol. The van der Waals surface area contributed by atoms with Crippen molar-refractivity contribution in [2.45, 2.75) is 33.7 Å². The molecule has 0 aromatic heterocycles. The molecule has 1 aromatic rings. The third-order valence-electron chi connectivity index (χ3n) is 3.77. The first-order chi connectivity index (χ1) is 11.6. The summed E-state index contributed by atoms with van der Waals surface area (Å²) in [5.41, 5.74) is 1.39. The van der Waals surface area contributed by atoms with Crippen LogP contribution >= 0.6 is 0 Å². The lowest BCUT2D eigenvalue weighted by Crippen LogP contribution is -2.38. The van der Waals surface area contributed by atoms with Gasteiger partial charge < -0.3 is 20.3 Å². The number of nitrogens with one attached hydrogen (secondary N) is 2. The van der Waals surface area contributed by atoms with Gasteiger partial charge in [-0.2, -0.15) is 0 Å². The quantitative estimate of drug-likeness (QED) is 0.772. The number of anilines is 1. The third kappa shape index (κ3) is 6.45. The van der Waals surface area contributed by atoms with Crippen LogP contribution in [0.1, 0.15) is 36.7 Å².